The molecule has 1 N–H and O–H groups in total. The molecule has 1 atom stereocenters. The Bertz CT molecular complexity index is 1520. The van der Waals surface area contributed by atoms with Gasteiger partial charge in [0.25, 0.3) is 10.0 Å². The molecule has 0 radical (unpaired) electrons. The van der Waals surface area contributed by atoms with E-state index in [1.807, 2.05) is 27.7 Å². The average Bonchev–Trinajstić information content (AvgIpc) is 2.95. The predicted molar refractivity (Wildman–Crippen MR) is 164 cm³/mol. The van der Waals surface area contributed by atoms with Crippen LogP contribution in [0.1, 0.15) is 45.2 Å². The summed E-state index contributed by atoms with van der Waals surface area (Å²) >= 11 is 0. The maximum atomic E-state index is 14.2. The fourth-order valence-corrected chi connectivity index (χ4v) is 5.92. The first kappa shape index (κ1) is 33.4. The Balaban J connectivity index is 2.16. The molecule has 11 heteroatoms. The molecule has 0 aromatic heterocycles. The molecule has 3 aromatic rings. The van der Waals surface area contributed by atoms with Gasteiger partial charge in [0.1, 0.15) is 29.9 Å². The zero-order chi connectivity index (χ0) is 31.9. The standard InChI is InChI=1S/C32H40FN3O6S/c1-8-27(31(38)34-32(3,4)5)35(20-23-11-13-24(33)14-12-23)30(37)21-36(28-19-25(41-6)15-18-29(28)42-7)43(39,40)26-16-9-22(2)10-17-26/h9-19,27H,8,20-21H2,1-7H3,(H,34,38)/t27-/m1/s1. The fourth-order valence-electron chi connectivity index (χ4n) is 4.50. The van der Waals surface area contributed by atoms with Crippen molar-refractivity contribution in [3.05, 3.63) is 83.7 Å². The zero-order valence-electron chi connectivity index (χ0n) is 25.7. The number of hydrogen-bond acceptors (Lipinski definition) is 6. The highest BCUT2D eigenvalue weighted by molar-refractivity contribution is 7.92. The van der Waals surface area contributed by atoms with E-state index >= 15 is 0 Å². The van der Waals surface area contributed by atoms with Gasteiger partial charge in [0.2, 0.25) is 11.8 Å². The summed E-state index contributed by atoms with van der Waals surface area (Å²) in [6.45, 7) is 8.38. The van der Waals surface area contributed by atoms with Gasteiger partial charge in [0, 0.05) is 18.2 Å². The lowest BCUT2D eigenvalue weighted by Gasteiger charge is -2.35. The lowest BCUT2D eigenvalue weighted by Crippen LogP contribution is -2.55. The van der Waals surface area contributed by atoms with Crippen LogP contribution in [0.5, 0.6) is 11.5 Å². The maximum Gasteiger partial charge on any atom is 0.264 e. The summed E-state index contributed by atoms with van der Waals surface area (Å²) in [5, 5.41) is 2.92. The summed E-state index contributed by atoms with van der Waals surface area (Å²) in [6.07, 6.45) is 0.252. The van der Waals surface area contributed by atoms with Crippen LogP contribution >= 0.6 is 0 Å². The first-order valence-corrected chi connectivity index (χ1v) is 15.3. The molecular formula is C32H40FN3O6S. The number of halogens is 1. The zero-order valence-corrected chi connectivity index (χ0v) is 26.5. The molecule has 232 valence electrons. The third kappa shape index (κ3) is 8.47. The molecule has 9 nitrogen and oxygen atoms in total. The predicted octanol–water partition coefficient (Wildman–Crippen LogP) is 5.07. The summed E-state index contributed by atoms with van der Waals surface area (Å²) in [5.41, 5.74) is 0.944. The number of nitrogens with zero attached hydrogens (tertiary/aromatic N) is 2. The van der Waals surface area contributed by atoms with Gasteiger partial charge in [-0.3, -0.25) is 13.9 Å². The second-order valence-corrected chi connectivity index (χ2v) is 13.0. The Labute approximate surface area is 253 Å². The van der Waals surface area contributed by atoms with Crippen LogP contribution in [0.4, 0.5) is 10.1 Å². The molecular weight excluding hydrogens is 573 g/mol. The first-order valence-electron chi connectivity index (χ1n) is 13.9. The SMILES string of the molecule is CC[C@H](C(=O)NC(C)(C)C)N(Cc1ccc(F)cc1)C(=O)CN(c1cc(OC)ccc1OC)S(=O)(=O)c1ccc(C)cc1. The number of carbonyl (C=O) groups excluding carboxylic acids is 2. The third-order valence-corrected chi connectivity index (χ3v) is 8.47. The Kier molecular flexibility index (Phi) is 10.8. The van der Waals surface area contributed by atoms with Gasteiger partial charge in [0.15, 0.2) is 0 Å². The van der Waals surface area contributed by atoms with Crippen molar-refractivity contribution in [3.63, 3.8) is 0 Å². The quantitative estimate of drug-likeness (QED) is 0.306. The van der Waals surface area contributed by atoms with Crippen LogP contribution in [0.2, 0.25) is 0 Å². The molecule has 0 bridgehead atoms. The van der Waals surface area contributed by atoms with Gasteiger partial charge in [0.05, 0.1) is 24.8 Å². The largest absolute Gasteiger partial charge is 0.497 e. The number of amides is 2. The van der Waals surface area contributed by atoms with Crippen LogP contribution < -0.4 is 19.1 Å². The molecule has 0 heterocycles. The number of rotatable bonds is 12. The number of anilines is 1. The van der Waals surface area contributed by atoms with Crippen molar-refractivity contribution >= 4 is 27.5 Å². The number of carbonyl (C=O) groups is 2. The molecule has 0 aliphatic heterocycles. The van der Waals surface area contributed by atoms with Crippen LogP contribution in [0, 0.1) is 12.7 Å². The maximum absolute atomic E-state index is 14.2. The van der Waals surface area contributed by atoms with Crippen molar-refractivity contribution < 1.29 is 31.9 Å². The lowest BCUT2D eigenvalue weighted by molar-refractivity contribution is -0.141. The highest BCUT2D eigenvalue weighted by Crippen LogP contribution is 2.36. The molecule has 0 spiro atoms. The molecule has 3 aromatic carbocycles. The van der Waals surface area contributed by atoms with Crippen molar-refractivity contribution in [1.82, 2.24) is 10.2 Å². The topological polar surface area (TPSA) is 105 Å². The Morgan fingerprint density at radius 3 is 2.12 bits per heavy atom. The number of sulfonamides is 1. The summed E-state index contributed by atoms with van der Waals surface area (Å²) in [6, 6.07) is 15.6. The van der Waals surface area contributed by atoms with Gasteiger partial charge in [-0.2, -0.15) is 0 Å². The van der Waals surface area contributed by atoms with E-state index in [2.05, 4.69) is 5.32 Å². The third-order valence-electron chi connectivity index (χ3n) is 6.69. The first-order chi connectivity index (χ1) is 20.2. The second-order valence-electron chi connectivity index (χ2n) is 11.2. The fraction of sp³-hybridized carbons (Fsp3) is 0.375. The number of nitrogens with one attached hydrogen (secondary N) is 1. The normalized spacial score (nSPS) is 12.3. The van der Waals surface area contributed by atoms with Crippen LogP contribution in [-0.4, -0.2) is 57.5 Å². The van der Waals surface area contributed by atoms with E-state index in [4.69, 9.17) is 9.47 Å². The van der Waals surface area contributed by atoms with Crippen molar-refractivity contribution in [2.75, 3.05) is 25.1 Å². The number of benzene rings is 3. The molecule has 0 aliphatic rings. The van der Waals surface area contributed by atoms with E-state index in [1.165, 1.54) is 61.6 Å². The number of ether oxygens (including phenoxy) is 2. The van der Waals surface area contributed by atoms with Crippen molar-refractivity contribution in [2.45, 2.75) is 64.1 Å². The smallest absolute Gasteiger partial charge is 0.264 e. The summed E-state index contributed by atoms with van der Waals surface area (Å²) < 4.78 is 53.8. The molecule has 43 heavy (non-hydrogen) atoms. The van der Waals surface area contributed by atoms with Gasteiger partial charge in [-0.05, 0) is 76.1 Å². The Morgan fingerprint density at radius 2 is 1.58 bits per heavy atom. The van der Waals surface area contributed by atoms with Crippen molar-refractivity contribution in [3.8, 4) is 11.5 Å². The second kappa shape index (κ2) is 13.9. The molecule has 0 aliphatic carbocycles. The van der Waals surface area contributed by atoms with Gasteiger partial charge in [-0.25, -0.2) is 12.8 Å². The van der Waals surface area contributed by atoms with Crippen LogP contribution in [0.3, 0.4) is 0 Å². The Morgan fingerprint density at radius 1 is 0.953 bits per heavy atom. The molecule has 0 fully saturated rings. The van der Waals surface area contributed by atoms with Gasteiger partial charge in [-0.15, -0.1) is 0 Å². The average molecular weight is 614 g/mol. The van der Waals surface area contributed by atoms with E-state index in [9.17, 15) is 22.4 Å². The van der Waals surface area contributed by atoms with E-state index in [-0.39, 0.29) is 29.3 Å². The highest BCUT2D eigenvalue weighted by atomic mass is 32.2. The molecule has 0 saturated carbocycles. The summed E-state index contributed by atoms with van der Waals surface area (Å²) in [7, 11) is -1.48. The highest BCUT2D eigenvalue weighted by Gasteiger charge is 2.35. The van der Waals surface area contributed by atoms with Crippen molar-refractivity contribution in [2.24, 2.45) is 0 Å². The van der Waals surface area contributed by atoms with E-state index in [1.54, 1.807) is 31.2 Å². The number of hydrogen-bond donors (Lipinski definition) is 1. The van der Waals surface area contributed by atoms with Gasteiger partial charge < -0.3 is 19.7 Å². The molecule has 3 rings (SSSR count). The van der Waals surface area contributed by atoms with E-state index in [0.29, 0.717) is 11.3 Å². The van der Waals surface area contributed by atoms with Gasteiger partial charge in [-0.1, -0.05) is 36.8 Å². The van der Waals surface area contributed by atoms with Gasteiger partial charge >= 0.3 is 0 Å². The monoisotopic (exact) mass is 613 g/mol. The molecule has 0 saturated heterocycles. The molecule has 2 amide bonds. The Hall–Kier alpha value is -4.12. The minimum atomic E-state index is -4.32. The van der Waals surface area contributed by atoms with E-state index < -0.39 is 45.8 Å². The summed E-state index contributed by atoms with van der Waals surface area (Å²) in [4.78, 5) is 29.0. The summed E-state index contributed by atoms with van der Waals surface area (Å²) in [5.74, 6) is -0.920. The van der Waals surface area contributed by atoms with Crippen LogP contribution in [-0.2, 0) is 26.2 Å². The van der Waals surface area contributed by atoms with Crippen LogP contribution in [0.15, 0.2) is 71.6 Å². The van der Waals surface area contributed by atoms with E-state index in [0.717, 1.165) is 9.87 Å². The lowest BCUT2D eigenvalue weighted by atomic mass is 10.1. The number of aryl methyl sites for hydroxylation is 1. The van der Waals surface area contributed by atoms with Crippen molar-refractivity contribution in [1.29, 1.82) is 0 Å². The minimum absolute atomic E-state index is 0.0293. The molecule has 0 unspecified atom stereocenters. The minimum Gasteiger partial charge on any atom is -0.497 e. The number of methoxy groups -OCH3 is 2. The van der Waals surface area contributed by atoms with Crippen LogP contribution in [0.25, 0.3) is 0 Å².